The topological polar surface area (TPSA) is 17.1 Å². The lowest BCUT2D eigenvalue weighted by Crippen LogP contribution is -2.18. The van der Waals surface area contributed by atoms with Crippen molar-refractivity contribution < 1.29 is 9.18 Å². The molecule has 0 N–H and O–H groups in total. The fourth-order valence-electron chi connectivity index (χ4n) is 1.94. The molecule has 1 nitrogen and oxygen atoms in total. The summed E-state index contributed by atoms with van der Waals surface area (Å²) in [5, 5.41) is 0.133. The second kappa shape index (κ2) is 4.96. The Labute approximate surface area is 101 Å². The van der Waals surface area contributed by atoms with Gasteiger partial charge >= 0.3 is 0 Å². The molecule has 0 saturated heterocycles. The molecule has 0 atom stereocenters. The maximum atomic E-state index is 13.2. The van der Waals surface area contributed by atoms with Crippen LogP contribution in [0.3, 0.4) is 0 Å². The summed E-state index contributed by atoms with van der Waals surface area (Å²) < 4.78 is 13.2. The van der Waals surface area contributed by atoms with E-state index in [-0.39, 0.29) is 16.2 Å². The maximum Gasteiger partial charge on any atom is 0.142 e. The van der Waals surface area contributed by atoms with Crippen molar-refractivity contribution in [3.05, 3.63) is 34.6 Å². The van der Waals surface area contributed by atoms with Crippen LogP contribution in [0.25, 0.3) is 0 Å². The Kier molecular flexibility index (Phi) is 4.09. The summed E-state index contributed by atoms with van der Waals surface area (Å²) in [7, 11) is 0. The van der Waals surface area contributed by atoms with E-state index in [0.717, 1.165) is 5.56 Å². The lowest BCUT2D eigenvalue weighted by molar-refractivity contribution is -0.118. The number of benzene rings is 1. The fourth-order valence-corrected chi connectivity index (χ4v) is 2.06. The Balaban J connectivity index is 2.79. The lowest BCUT2D eigenvalue weighted by Gasteiger charge is -2.23. The Bertz CT molecular complexity index is 399. The minimum absolute atomic E-state index is 0.133. The summed E-state index contributed by atoms with van der Waals surface area (Å²) in [5.74, 6) is -0.253. The molecule has 0 aliphatic carbocycles. The molecule has 16 heavy (non-hydrogen) atoms. The van der Waals surface area contributed by atoms with Crippen LogP contribution in [0.15, 0.2) is 18.2 Å². The summed E-state index contributed by atoms with van der Waals surface area (Å²) in [5.41, 5.74) is 0.722. The van der Waals surface area contributed by atoms with Gasteiger partial charge in [-0.1, -0.05) is 31.5 Å². The van der Waals surface area contributed by atoms with Gasteiger partial charge in [0.05, 0.1) is 5.02 Å². The highest BCUT2D eigenvalue weighted by Crippen LogP contribution is 2.27. The summed E-state index contributed by atoms with van der Waals surface area (Å²) in [4.78, 5) is 11.1. The molecule has 0 unspecified atom stereocenters. The van der Waals surface area contributed by atoms with Crippen LogP contribution in [0, 0.1) is 11.2 Å². The molecule has 0 saturated carbocycles. The van der Waals surface area contributed by atoms with Gasteiger partial charge in [-0.05, 0) is 36.5 Å². The molecule has 0 aliphatic rings. The van der Waals surface area contributed by atoms with E-state index < -0.39 is 5.82 Å². The van der Waals surface area contributed by atoms with Gasteiger partial charge in [0.1, 0.15) is 11.6 Å². The average Bonchev–Trinajstić information content (AvgIpc) is 2.08. The van der Waals surface area contributed by atoms with E-state index in [1.165, 1.54) is 6.07 Å². The van der Waals surface area contributed by atoms with E-state index in [4.69, 9.17) is 11.6 Å². The standard InChI is InChI=1S/C13H16ClFO/c1-9(16)7-13(2,3)8-10-4-5-11(14)12(15)6-10/h4-6H,7-8H2,1-3H3. The first-order chi connectivity index (χ1) is 7.30. The SMILES string of the molecule is CC(=O)CC(C)(C)Cc1ccc(Cl)c(F)c1. The molecular formula is C13H16ClFO. The van der Waals surface area contributed by atoms with Gasteiger partial charge < -0.3 is 4.79 Å². The second-order valence-corrected chi connectivity index (χ2v) is 5.38. The first-order valence-corrected chi connectivity index (χ1v) is 5.61. The first-order valence-electron chi connectivity index (χ1n) is 5.23. The Morgan fingerprint density at radius 3 is 2.56 bits per heavy atom. The van der Waals surface area contributed by atoms with E-state index in [9.17, 15) is 9.18 Å². The lowest BCUT2D eigenvalue weighted by atomic mass is 9.81. The summed E-state index contributed by atoms with van der Waals surface area (Å²) >= 11 is 5.61. The van der Waals surface area contributed by atoms with Crippen LogP contribution in [0.1, 0.15) is 32.8 Å². The molecular weight excluding hydrogens is 227 g/mol. The molecule has 0 bridgehead atoms. The van der Waals surface area contributed by atoms with Crippen LogP contribution in [0.2, 0.25) is 5.02 Å². The predicted octanol–water partition coefficient (Wildman–Crippen LogP) is 4.03. The van der Waals surface area contributed by atoms with Crippen molar-refractivity contribution in [1.82, 2.24) is 0 Å². The van der Waals surface area contributed by atoms with Crippen molar-refractivity contribution in [3.63, 3.8) is 0 Å². The Morgan fingerprint density at radius 1 is 1.44 bits per heavy atom. The summed E-state index contributed by atoms with van der Waals surface area (Å²) in [6.45, 7) is 5.58. The number of halogens is 2. The average molecular weight is 243 g/mol. The highest BCUT2D eigenvalue weighted by molar-refractivity contribution is 6.30. The molecule has 1 rings (SSSR count). The van der Waals surface area contributed by atoms with E-state index in [0.29, 0.717) is 12.8 Å². The zero-order valence-electron chi connectivity index (χ0n) is 9.81. The number of ketones is 1. The zero-order valence-corrected chi connectivity index (χ0v) is 10.6. The molecule has 3 heteroatoms. The molecule has 0 spiro atoms. The van der Waals surface area contributed by atoms with Gasteiger partial charge in [-0.2, -0.15) is 0 Å². The van der Waals surface area contributed by atoms with E-state index in [1.54, 1.807) is 19.1 Å². The van der Waals surface area contributed by atoms with Gasteiger partial charge in [0.2, 0.25) is 0 Å². The molecule has 0 aromatic heterocycles. The molecule has 1 aromatic rings. The predicted molar refractivity (Wildman–Crippen MR) is 64.2 cm³/mol. The molecule has 0 fully saturated rings. The monoisotopic (exact) mass is 242 g/mol. The summed E-state index contributed by atoms with van der Waals surface area (Å²) in [6.07, 6.45) is 1.16. The zero-order chi connectivity index (χ0) is 12.3. The van der Waals surface area contributed by atoms with Crippen molar-refractivity contribution >= 4 is 17.4 Å². The normalized spacial score (nSPS) is 11.6. The molecule has 0 amide bonds. The maximum absolute atomic E-state index is 13.2. The van der Waals surface area contributed by atoms with E-state index in [2.05, 4.69) is 0 Å². The number of carbonyl (C=O) groups is 1. The van der Waals surface area contributed by atoms with Crippen molar-refractivity contribution in [2.45, 2.75) is 33.6 Å². The second-order valence-electron chi connectivity index (χ2n) is 4.97. The van der Waals surface area contributed by atoms with Gasteiger partial charge in [-0.3, -0.25) is 0 Å². The van der Waals surface area contributed by atoms with Crippen molar-refractivity contribution in [2.24, 2.45) is 5.41 Å². The number of hydrogen-bond acceptors (Lipinski definition) is 1. The van der Waals surface area contributed by atoms with Gasteiger partial charge in [0.25, 0.3) is 0 Å². The third kappa shape index (κ3) is 3.93. The van der Waals surface area contributed by atoms with E-state index in [1.807, 2.05) is 13.8 Å². The van der Waals surface area contributed by atoms with Crippen LogP contribution in [0.4, 0.5) is 4.39 Å². The molecule has 0 radical (unpaired) electrons. The third-order valence-electron chi connectivity index (χ3n) is 2.39. The highest BCUT2D eigenvalue weighted by atomic mass is 35.5. The van der Waals surface area contributed by atoms with Gasteiger partial charge in [-0.15, -0.1) is 0 Å². The molecule has 0 heterocycles. The van der Waals surface area contributed by atoms with E-state index >= 15 is 0 Å². The van der Waals surface area contributed by atoms with Crippen LogP contribution in [-0.2, 0) is 11.2 Å². The number of hydrogen-bond donors (Lipinski definition) is 0. The van der Waals surface area contributed by atoms with Crippen molar-refractivity contribution in [3.8, 4) is 0 Å². The summed E-state index contributed by atoms with van der Waals surface area (Å²) in [6, 6.07) is 4.79. The third-order valence-corrected chi connectivity index (χ3v) is 2.70. The highest BCUT2D eigenvalue weighted by Gasteiger charge is 2.21. The fraction of sp³-hybridized carbons (Fsp3) is 0.462. The van der Waals surface area contributed by atoms with Crippen molar-refractivity contribution in [1.29, 1.82) is 0 Å². The smallest absolute Gasteiger partial charge is 0.142 e. The minimum atomic E-state index is -0.405. The molecule has 1 aromatic carbocycles. The number of carbonyl (C=O) groups excluding carboxylic acids is 1. The Morgan fingerprint density at radius 2 is 2.06 bits per heavy atom. The quantitative estimate of drug-likeness (QED) is 0.779. The van der Waals surface area contributed by atoms with Gasteiger partial charge in [0.15, 0.2) is 0 Å². The van der Waals surface area contributed by atoms with Crippen LogP contribution < -0.4 is 0 Å². The Hall–Kier alpha value is -0.890. The van der Waals surface area contributed by atoms with Crippen LogP contribution in [0.5, 0.6) is 0 Å². The number of rotatable bonds is 4. The van der Waals surface area contributed by atoms with Gasteiger partial charge in [-0.25, -0.2) is 4.39 Å². The van der Waals surface area contributed by atoms with Crippen LogP contribution in [-0.4, -0.2) is 5.78 Å². The molecule has 0 aliphatic heterocycles. The van der Waals surface area contributed by atoms with Gasteiger partial charge in [0, 0.05) is 6.42 Å². The molecule has 88 valence electrons. The van der Waals surface area contributed by atoms with Crippen molar-refractivity contribution in [2.75, 3.05) is 0 Å². The largest absolute Gasteiger partial charge is 0.300 e. The minimum Gasteiger partial charge on any atom is -0.300 e. The number of Topliss-reactive ketones (excluding diaryl/α,β-unsaturated/α-hetero) is 1. The first kappa shape index (κ1) is 13.2. The van der Waals surface area contributed by atoms with Crippen LogP contribution >= 0.6 is 11.6 Å².